The van der Waals surface area contributed by atoms with Gasteiger partial charge in [-0.1, -0.05) is 36.2 Å². The summed E-state index contributed by atoms with van der Waals surface area (Å²) in [7, 11) is 0. The van der Waals surface area contributed by atoms with Crippen LogP contribution in [-0.4, -0.2) is 53.5 Å². The number of hydrogen-bond donors (Lipinski definition) is 1. The van der Waals surface area contributed by atoms with Crippen molar-refractivity contribution in [3.8, 4) is 0 Å². The molecule has 0 saturated carbocycles. The van der Waals surface area contributed by atoms with Crippen molar-refractivity contribution in [2.45, 2.75) is 31.6 Å². The van der Waals surface area contributed by atoms with E-state index >= 15 is 0 Å². The summed E-state index contributed by atoms with van der Waals surface area (Å²) in [6.07, 6.45) is 3.81. The Bertz CT molecular complexity index is 921. The minimum atomic E-state index is -0.417. The number of fused-ring (bicyclic) bond motifs is 1. The molecule has 0 unspecified atom stereocenters. The molecule has 4 rings (SSSR count). The molecule has 2 aliphatic rings. The number of nitrogens with zero attached hydrogens (tertiary/aromatic N) is 4. The van der Waals surface area contributed by atoms with Crippen LogP contribution >= 0.6 is 48.0 Å². The van der Waals surface area contributed by atoms with Crippen molar-refractivity contribution in [2.24, 2.45) is 5.73 Å². The predicted molar refractivity (Wildman–Crippen MR) is 130 cm³/mol. The van der Waals surface area contributed by atoms with Gasteiger partial charge in [0.05, 0.1) is 16.0 Å². The highest BCUT2D eigenvalue weighted by atomic mass is 35.5. The quantitative estimate of drug-likeness (QED) is 0.676. The van der Waals surface area contributed by atoms with Gasteiger partial charge in [-0.3, -0.25) is 4.79 Å². The van der Waals surface area contributed by atoms with Crippen molar-refractivity contribution in [2.75, 3.05) is 37.6 Å². The number of aryl methyl sites for hydroxylation is 1. The molecule has 1 aliphatic carbocycles. The Morgan fingerprint density at radius 2 is 1.87 bits per heavy atom. The fraction of sp³-hybridized carbons (Fsp3) is 0.476. The lowest BCUT2D eigenvalue weighted by molar-refractivity contribution is -0.132. The largest absolute Gasteiger partial charge is 0.353 e. The lowest BCUT2D eigenvalue weighted by Gasteiger charge is -2.37. The number of carbonyl (C=O) groups excluding carboxylic acids is 1. The predicted octanol–water partition coefficient (Wildman–Crippen LogP) is 4.07. The molecular formula is C21H27Cl4N5O. The van der Waals surface area contributed by atoms with Crippen LogP contribution in [0.4, 0.5) is 5.82 Å². The van der Waals surface area contributed by atoms with Gasteiger partial charge in [0, 0.05) is 44.0 Å². The summed E-state index contributed by atoms with van der Waals surface area (Å²) in [5.74, 6) is 1.13. The standard InChI is InChI=1S/C21H25Cl2N5O.2ClH/c1-13-2-5-18-19(13)20(26-12-25-18)27-6-8-28(9-7-27)21(29)15(11-24)14-3-4-16(22)17(23)10-14;;/h3-4,10,12-13,15H,2,5-9,11,24H2,1H3;2*1H/t13-,15-;;/m1../s1. The van der Waals surface area contributed by atoms with E-state index in [-0.39, 0.29) is 37.3 Å². The van der Waals surface area contributed by atoms with Gasteiger partial charge in [-0.25, -0.2) is 9.97 Å². The maximum atomic E-state index is 13.1. The summed E-state index contributed by atoms with van der Waals surface area (Å²) in [5.41, 5.74) is 9.20. The van der Waals surface area contributed by atoms with Gasteiger partial charge in [0.25, 0.3) is 0 Å². The van der Waals surface area contributed by atoms with Crippen LogP contribution < -0.4 is 10.6 Å². The van der Waals surface area contributed by atoms with Crippen molar-refractivity contribution >= 4 is 59.7 Å². The van der Waals surface area contributed by atoms with Gasteiger partial charge < -0.3 is 15.5 Å². The lowest BCUT2D eigenvalue weighted by Crippen LogP contribution is -2.51. The summed E-state index contributed by atoms with van der Waals surface area (Å²) in [4.78, 5) is 26.3. The van der Waals surface area contributed by atoms with E-state index in [1.54, 1.807) is 18.5 Å². The second-order valence-electron chi connectivity index (χ2n) is 7.77. The summed E-state index contributed by atoms with van der Waals surface area (Å²) < 4.78 is 0. The first kappa shape index (κ1) is 25.9. The van der Waals surface area contributed by atoms with Crippen LogP contribution in [0.2, 0.25) is 10.0 Å². The molecular weight excluding hydrogens is 480 g/mol. The normalized spacial score (nSPS) is 18.6. The highest BCUT2D eigenvalue weighted by Gasteiger charge is 2.31. The first-order valence-electron chi connectivity index (χ1n) is 10.0. The zero-order valence-electron chi connectivity index (χ0n) is 17.3. The van der Waals surface area contributed by atoms with E-state index in [1.165, 1.54) is 11.3 Å². The van der Waals surface area contributed by atoms with E-state index in [4.69, 9.17) is 28.9 Å². The Balaban J connectivity index is 0.00000171. The summed E-state index contributed by atoms with van der Waals surface area (Å²) in [6.45, 7) is 5.25. The minimum absolute atomic E-state index is 0. The lowest BCUT2D eigenvalue weighted by atomic mass is 9.97. The van der Waals surface area contributed by atoms with Crippen molar-refractivity contribution < 1.29 is 4.79 Å². The molecule has 1 aliphatic heterocycles. The molecule has 1 fully saturated rings. The number of halogens is 4. The molecule has 1 aromatic carbocycles. The summed E-state index contributed by atoms with van der Waals surface area (Å²) in [6, 6.07) is 5.27. The fourth-order valence-electron chi connectivity index (χ4n) is 4.34. The number of aromatic nitrogens is 2. The molecule has 0 spiro atoms. The molecule has 1 aromatic heterocycles. The molecule has 1 amide bonds. The molecule has 0 radical (unpaired) electrons. The number of nitrogens with two attached hydrogens (primary N) is 1. The van der Waals surface area contributed by atoms with E-state index in [2.05, 4.69) is 21.8 Å². The van der Waals surface area contributed by atoms with Crippen molar-refractivity contribution in [3.05, 3.63) is 51.4 Å². The number of piperazine rings is 1. The van der Waals surface area contributed by atoms with Gasteiger partial charge in [-0.05, 0) is 36.5 Å². The number of carbonyl (C=O) groups is 1. The second kappa shape index (κ2) is 11.0. The van der Waals surface area contributed by atoms with Gasteiger partial charge >= 0.3 is 0 Å². The van der Waals surface area contributed by atoms with Gasteiger partial charge in [-0.2, -0.15) is 0 Å². The number of benzene rings is 1. The van der Waals surface area contributed by atoms with E-state index in [9.17, 15) is 4.79 Å². The molecule has 6 nitrogen and oxygen atoms in total. The van der Waals surface area contributed by atoms with Crippen LogP contribution in [0.3, 0.4) is 0 Å². The zero-order valence-corrected chi connectivity index (χ0v) is 20.4. The van der Waals surface area contributed by atoms with Crippen LogP contribution in [0.25, 0.3) is 0 Å². The van der Waals surface area contributed by atoms with E-state index in [0.29, 0.717) is 29.1 Å². The number of hydrogen-bond acceptors (Lipinski definition) is 5. The van der Waals surface area contributed by atoms with Gasteiger partial charge in [0.2, 0.25) is 5.91 Å². The van der Waals surface area contributed by atoms with Crippen LogP contribution in [-0.2, 0) is 11.2 Å². The third-order valence-corrected chi connectivity index (χ3v) is 6.76. The molecule has 2 N–H and O–H groups in total. The monoisotopic (exact) mass is 505 g/mol. The van der Waals surface area contributed by atoms with E-state index in [0.717, 1.165) is 37.3 Å². The van der Waals surface area contributed by atoms with Crippen LogP contribution in [0.1, 0.15) is 42.0 Å². The minimum Gasteiger partial charge on any atom is -0.353 e. The first-order chi connectivity index (χ1) is 14.0. The third kappa shape index (κ3) is 5.20. The molecule has 10 heteroatoms. The fourth-order valence-corrected chi connectivity index (χ4v) is 4.65. The van der Waals surface area contributed by atoms with Crippen molar-refractivity contribution in [1.82, 2.24) is 14.9 Å². The molecule has 31 heavy (non-hydrogen) atoms. The van der Waals surface area contributed by atoms with Crippen LogP contribution in [0, 0.1) is 0 Å². The average Bonchev–Trinajstić information content (AvgIpc) is 3.12. The Labute approximate surface area is 205 Å². The molecule has 1 saturated heterocycles. The van der Waals surface area contributed by atoms with Gasteiger partial charge in [-0.15, -0.1) is 24.8 Å². The Kier molecular flexibility index (Phi) is 9.22. The number of amides is 1. The van der Waals surface area contributed by atoms with Crippen molar-refractivity contribution in [3.63, 3.8) is 0 Å². The van der Waals surface area contributed by atoms with Crippen molar-refractivity contribution in [1.29, 1.82) is 0 Å². The topological polar surface area (TPSA) is 75.4 Å². The second-order valence-corrected chi connectivity index (χ2v) is 8.59. The molecule has 2 atom stereocenters. The maximum Gasteiger partial charge on any atom is 0.231 e. The van der Waals surface area contributed by atoms with Crippen LogP contribution in [0.5, 0.6) is 0 Å². The van der Waals surface area contributed by atoms with Gasteiger partial charge in [0.15, 0.2) is 0 Å². The Hall–Kier alpha value is -1.31. The average molecular weight is 507 g/mol. The number of rotatable bonds is 4. The third-order valence-electron chi connectivity index (χ3n) is 6.02. The molecule has 170 valence electrons. The van der Waals surface area contributed by atoms with Crippen LogP contribution in [0.15, 0.2) is 24.5 Å². The van der Waals surface area contributed by atoms with E-state index < -0.39 is 5.92 Å². The molecule has 0 bridgehead atoms. The SMILES string of the molecule is C[C@@H]1CCc2ncnc(N3CCN(C(=O)[C@H](CN)c4ccc(Cl)c(Cl)c4)CC3)c21.Cl.Cl. The highest BCUT2D eigenvalue weighted by molar-refractivity contribution is 6.42. The number of anilines is 1. The Morgan fingerprint density at radius 3 is 2.52 bits per heavy atom. The van der Waals surface area contributed by atoms with E-state index in [1.807, 2.05) is 11.0 Å². The Morgan fingerprint density at radius 1 is 1.16 bits per heavy atom. The maximum absolute atomic E-state index is 13.1. The first-order valence-corrected chi connectivity index (χ1v) is 10.8. The molecule has 2 heterocycles. The summed E-state index contributed by atoms with van der Waals surface area (Å²) >= 11 is 12.1. The smallest absolute Gasteiger partial charge is 0.231 e. The molecule has 2 aromatic rings. The summed E-state index contributed by atoms with van der Waals surface area (Å²) in [5, 5.41) is 0.908. The zero-order chi connectivity index (χ0) is 20.5. The highest BCUT2D eigenvalue weighted by Crippen LogP contribution is 2.37. The van der Waals surface area contributed by atoms with Gasteiger partial charge in [0.1, 0.15) is 12.1 Å².